The molecular weight excluding hydrogens is 458 g/mol. The fourth-order valence-corrected chi connectivity index (χ4v) is 3.80. The molecule has 162 valence electrons. The van der Waals surface area contributed by atoms with Gasteiger partial charge in [-0.2, -0.15) is 0 Å². The molecule has 2 aromatic carbocycles. The summed E-state index contributed by atoms with van der Waals surface area (Å²) >= 11 is 14.4. The standard InChI is InChI=1S/C20H20ClN5O3S2/c1-11(25(12(2)18(28)29)15-7-3-13(21)4-8-15)17(27)22-14-5-9-16(10-6-14)26-19(30)23-24-20(26)31/h3-12H,1-2H3,(H,22,27)(H,23,30)(H,24,31)(H,28,29). The third kappa shape index (κ3) is 5.15. The molecule has 0 spiro atoms. The highest BCUT2D eigenvalue weighted by Gasteiger charge is 2.30. The molecule has 0 aliphatic rings. The number of halogens is 1. The quantitative estimate of drug-likeness (QED) is 0.386. The van der Waals surface area contributed by atoms with E-state index in [1.165, 1.54) is 11.8 Å². The molecule has 1 amide bonds. The smallest absolute Gasteiger partial charge is 0.326 e. The summed E-state index contributed by atoms with van der Waals surface area (Å²) in [6, 6.07) is 11.9. The molecule has 1 aromatic heterocycles. The highest BCUT2D eigenvalue weighted by Crippen LogP contribution is 2.24. The van der Waals surface area contributed by atoms with Gasteiger partial charge in [-0.05, 0) is 62.4 Å². The molecule has 2 unspecified atom stereocenters. The number of benzene rings is 2. The second-order valence-electron chi connectivity index (χ2n) is 6.75. The van der Waals surface area contributed by atoms with E-state index in [2.05, 4.69) is 40.8 Å². The summed E-state index contributed by atoms with van der Waals surface area (Å²) in [6.07, 6.45) is 0. The minimum atomic E-state index is -1.04. The fourth-order valence-electron chi connectivity index (χ4n) is 3.08. The van der Waals surface area contributed by atoms with Crippen molar-refractivity contribution >= 4 is 60.1 Å². The lowest BCUT2D eigenvalue weighted by atomic mass is 10.1. The molecule has 3 rings (SSSR count). The van der Waals surface area contributed by atoms with Crippen LogP contribution in [0.3, 0.4) is 0 Å². The van der Waals surface area contributed by atoms with E-state index < -0.39 is 18.1 Å². The van der Waals surface area contributed by atoms with Crippen LogP contribution in [0.2, 0.25) is 5.02 Å². The van der Waals surface area contributed by atoms with Gasteiger partial charge in [0.15, 0.2) is 10.3 Å². The minimum Gasteiger partial charge on any atom is -0.480 e. The molecular formula is C20H20ClN5O3S2. The molecule has 0 fully saturated rings. The van der Waals surface area contributed by atoms with Crippen molar-refractivity contribution in [3.8, 4) is 5.69 Å². The first-order valence-corrected chi connectivity index (χ1v) is 10.5. The normalized spacial score (nSPS) is 12.8. The van der Waals surface area contributed by atoms with Gasteiger partial charge in [-0.3, -0.25) is 9.36 Å². The second-order valence-corrected chi connectivity index (χ2v) is 7.98. The summed E-state index contributed by atoms with van der Waals surface area (Å²) in [6.45, 7) is 3.17. The molecule has 31 heavy (non-hydrogen) atoms. The van der Waals surface area contributed by atoms with Crippen LogP contribution in [0, 0.1) is 0 Å². The van der Waals surface area contributed by atoms with Gasteiger partial charge in [0.2, 0.25) is 5.91 Å². The van der Waals surface area contributed by atoms with E-state index >= 15 is 0 Å². The van der Waals surface area contributed by atoms with Crippen molar-refractivity contribution < 1.29 is 14.7 Å². The minimum absolute atomic E-state index is 0.357. The molecule has 2 N–H and O–H groups in total. The maximum atomic E-state index is 12.9. The highest BCUT2D eigenvalue weighted by atomic mass is 35.5. The van der Waals surface area contributed by atoms with Crippen molar-refractivity contribution in [1.82, 2.24) is 14.8 Å². The fraction of sp³-hybridized carbons (Fsp3) is 0.200. The number of thiol groups is 2. The number of aromatic nitrogens is 3. The number of amides is 1. The van der Waals surface area contributed by atoms with Crippen LogP contribution >= 0.6 is 36.9 Å². The predicted octanol–water partition coefficient (Wildman–Crippen LogP) is 3.80. The molecule has 0 radical (unpaired) electrons. The Kier molecular flexibility index (Phi) is 7.14. The van der Waals surface area contributed by atoms with Crippen molar-refractivity contribution in [2.45, 2.75) is 36.2 Å². The van der Waals surface area contributed by atoms with Crippen LogP contribution in [0.5, 0.6) is 0 Å². The summed E-state index contributed by atoms with van der Waals surface area (Å²) < 4.78 is 1.64. The molecule has 11 heteroatoms. The van der Waals surface area contributed by atoms with E-state index in [0.717, 1.165) is 5.69 Å². The SMILES string of the molecule is CC(C(=O)O)N(c1ccc(Cl)cc1)C(C)C(=O)Nc1ccc(-n2c(S)nnc2S)cc1. The van der Waals surface area contributed by atoms with E-state index in [4.69, 9.17) is 11.6 Å². The first-order valence-electron chi connectivity index (χ1n) is 9.20. The number of carbonyl (C=O) groups excluding carboxylic acids is 1. The van der Waals surface area contributed by atoms with Crippen molar-refractivity contribution in [2.75, 3.05) is 10.2 Å². The first-order chi connectivity index (χ1) is 14.7. The summed E-state index contributed by atoms with van der Waals surface area (Å²) in [4.78, 5) is 26.1. The van der Waals surface area contributed by atoms with Crippen LogP contribution in [-0.4, -0.2) is 43.8 Å². The number of aliphatic carboxylic acids is 1. The van der Waals surface area contributed by atoms with Gasteiger partial charge in [0.05, 0.1) is 5.69 Å². The molecule has 1 heterocycles. The van der Waals surface area contributed by atoms with Gasteiger partial charge in [0, 0.05) is 16.4 Å². The Morgan fingerprint density at radius 3 is 2.06 bits per heavy atom. The maximum Gasteiger partial charge on any atom is 0.326 e. The average Bonchev–Trinajstić information content (AvgIpc) is 3.08. The molecule has 0 aliphatic heterocycles. The van der Waals surface area contributed by atoms with Crippen LogP contribution < -0.4 is 10.2 Å². The zero-order valence-corrected chi connectivity index (χ0v) is 19.1. The topological polar surface area (TPSA) is 100 Å². The van der Waals surface area contributed by atoms with E-state index in [1.807, 2.05) is 0 Å². The summed E-state index contributed by atoms with van der Waals surface area (Å²) in [5, 5.41) is 21.3. The lowest BCUT2D eigenvalue weighted by Gasteiger charge is -2.33. The average molecular weight is 478 g/mol. The molecule has 3 aromatic rings. The number of carboxylic acids is 1. The van der Waals surface area contributed by atoms with E-state index in [1.54, 1.807) is 60.0 Å². The monoisotopic (exact) mass is 477 g/mol. The number of carboxylic acid groups (broad SMARTS) is 1. The summed E-state index contributed by atoms with van der Waals surface area (Å²) in [5.74, 6) is -1.40. The Balaban J connectivity index is 1.80. The van der Waals surface area contributed by atoms with Gasteiger partial charge in [-0.15, -0.1) is 35.5 Å². The maximum absolute atomic E-state index is 12.9. The zero-order valence-electron chi connectivity index (χ0n) is 16.6. The van der Waals surface area contributed by atoms with Gasteiger partial charge in [0.1, 0.15) is 12.1 Å². The Bertz CT molecular complexity index is 1070. The van der Waals surface area contributed by atoms with Gasteiger partial charge in [0.25, 0.3) is 0 Å². The van der Waals surface area contributed by atoms with E-state index in [9.17, 15) is 14.7 Å². The second kappa shape index (κ2) is 9.63. The van der Waals surface area contributed by atoms with Crippen LogP contribution in [0.1, 0.15) is 13.8 Å². The summed E-state index contributed by atoms with van der Waals surface area (Å²) in [5.41, 5.74) is 1.86. The van der Waals surface area contributed by atoms with Crippen LogP contribution in [0.25, 0.3) is 5.69 Å². The number of carbonyl (C=O) groups is 2. The Hall–Kier alpha value is -2.69. The number of nitrogens with zero attached hydrogens (tertiary/aromatic N) is 4. The first kappa shape index (κ1) is 23.0. The zero-order chi connectivity index (χ0) is 22.7. The molecule has 0 saturated heterocycles. The van der Waals surface area contributed by atoms with Crippen molar-refractivity contribution in [3.63, 3.8) is 0 Å². The largest absolute Gasteiger partial charge is 0.480 e. The van der Waals surface area contributed by atoms with Crippen molar-refractivity contribution in [3.05, 3.63) is 53.6 Å². The van der Waals surface area contributed by atoms with Crippen LogP contribution in [0.15, 0.2) is 58.8 Å². The van der Waals surface area contributed by atoms with Gasteiger partial charge in [-0.25, -0.2) is 4.79 Å². The van der Waals surface area contributed by atoms with Gasteiger partial charge < -0.3 is 15.3 Å². The number of nitrogens with one attached hydrogen (secondary N) is 1. The molecule has 8 nitrogen and oxygen atoms in total. The van der Waals surface area contributed by atoms with Gasteiger partial charge >= 0.3 is 5.97 Å². The predicted molar refractivity (Wildman–Crippen MR) is 125 cm³/mol. The summed E-state index contributed by atoms with van der Waals surface area (Å²) in [7, 11) is 0. The molecule has 0 saturated carbocycles. The van der Waals surface area contributed by atoms with E-state index in [0.29, 0.717) is 26.7 Å². The van der Waals surface area contributed by atoms with Gasteiger partial charge in [-0.1, -0.05) is 11.6 Å². The molecule has 2 atom stereocenters. The third-order valence-corrected chi connectivity index (χ3v) is 5.55. The Morgan fingerprint density at radius 2 is 1.55 bits per heavy atom. The highest BCUT2D eigenvalue weighted by molar-refractivity contribution is 7.80. The third-order valence-electron chi connectivity index (χ3n) is 4.72. The van der Waals surface area contributed by atoms with Crippen molar-refractivity contribution in [1.29, 1.82) is 0 Å². The van der Waals surface area contributed by atoms with Crippen LogP contribution in [0.4, 0.5) is 11.4 Å². The number of rotatable bonds is 7. The van der Waals surface area contributed by atoms with Crippen molar-refractivity contribution in [2.24, 2.45) is 0 Å². The molecule has 0 aliphatic carbocycles. The van der Waals surface area contributed by atoms with E-state index in [-0.39, 0.29) is 5.91 Å². The Morgan fingerprint density at radius 1 is 1.00 bits per heavy atom. The van der Waals surface area contributed by atoms with Crippen LogP contribution in [-0.2, 0) is 9.59 Å². The lowest BCUT2D eigenvalue weighted by Crippen LogP contribution is -2.50. The number of anilines is 2. The Labute approximate surface area is 195 Å². The molecule has 0 bridgehead atoms. The lowest BCUT2D eigenvalue weighted by molar-refractivity contribution is -0.138. The number of hydrogen-bond acceptors (Lipinski definition) is 7. The number of hydrogen-bond donors (Lipinski definition) is 4.